The van der Waals surface area contributed by atoms with E-state index in [2.05, 4.69) is 6.07 Å². The highest BCUT2D eigenvalue weighted by molar-refractivity contribution is 8.01. The van der Waals surface area contributed by atoms with Gasteiger partial charge in [0, 0.05) is 11.9 Å². The van der Waals surface area contributed by atoms with Crippen LogP contribution in [0.1, 0.15) is 11.1 Å². The number of amides is 1. The molecule has 0 saturated heterocycles. The molecule has 1 aliphatic heterocycles. The Kier molecular flexibility index (Phi) is 3.66. The molecule has 0 N–H and O–H groups in total. The van der Waals surface area contributed by atoms with Crippen molar-refractivity contribution in [2.75, 3.05) is 11.9 Å². The van der Waals surface area contributed by atoms with E-state index < -0.39 is 4.75 Å². The highest BCUT2D eigenvalue weighted by atomic mass is 32.2. The largest absolute Gasteiger partial charge is 0.313 e. The van der Waals surface area contributed by atoms with Gasteiger partial charge in [-0.25, -0.2) is 0 Å². The summed E-state index contributed by atoms with van der Waals surface area (Å²) in [4.78, 5) is 16.4. The number of hydrogen-bond acceptors (Lipinski definition) is 2. The topological polar surface area (TPSA) is 20.3 Å². The highest BCUT2D eigenvalue weighted by Gasteiger charge is 2.48. The minimum absolute atomic E-state index is 0.0867. The molecule has 0 saturated carbocycles. The van der Waals surface area contributed by atoms with Crippen LogP contribution in [0.4, 0.5) is 5.69 Å². The molecule has 1 amide bonds. The van der Waals surface area contributed by atoms with Gasteiger partial charge in [0.15, 0.2) is 0 Å². The van der Waals surface area contributed by atoms with E-state index in [0.29, 0.717) is 0 Å². The van der Waals surface area contributed by atoms with Gasteiger partial charge in [0.05, 0.1) is 5.69 Å². The molecule has 0 fully saturated rings. The summed E-state index contributed by atoms with van der Waals surface area (Å²) >= 11 is 1.63. The van der Waals surface area contributed by atoms with Crippen LogP contribution in [0.2, 0.25) is 0 Å². The standard InChI is InChI=1S/C21H17NOS/c1-22-18-14-8-9-15-19(18)24-21(20(22)23,16-10-4-2-5-11-16)17-12-6-3-7-13-17/h2-15H,1H3. The van der Waals surface area contributed by atoms with Gasteiger partial charge in [-0.3, -0.25) is 4.79 Å². The lowest BCUT2D eigenvalue weighted by Gasteiger charge is -2.41. The van der Waals surface area contributed by atoms with Crippen LogP contribution in [0.3, 0.4) is 0 Å². The monoisotopic (exact) mass is 331 g/mol. The second-order valence-electron chi connectivity index (χ2n) is 5.85. The van der Waals surface area contributed by atoms with Crippen molar-refractivity contribution in [3.05, 3.63) is 96.1 Å². The molecule has 4 rings (SSSR count). The van der Waals surface area contributed by atoms with Crippen molar-refractivity contribution in [3.63, 3.8) is 0 Å². The van der Waals surface area contributed by atoms with E-state index in [0.717, 1.165) is 21.7 Å². The fraction of sp³-hybridized carbons (Fsp3) is 0.0952. The molecule has 0 spiro atoms. The smallest absolute Gasteiger partial charge is 0.252 e. The third-order valence-corrected chi connectivity index (χ3v) is 5.97. The van der Waals surface area contributed by atoms with Crippen LogP contribution >= 0.6 is 11.8 Å². The molecular formula is C21H17NOS. The summed E-state index contributed by atoms with van der Waals surface area (Å²) < 4.78 is -0.758. The number of anilines is 1. The summed E-state index contributed by atoms with van der Waals surface area (Å²) in [6.07, 6.45) is 0. The maximum Gasteiger partial charge on any atom is 0.252 e. The van der Waals surface area contributed by atoms with Gasteiger partial charge in [-0.1, -0.05) is 84.6 Å². The number of carbonyl (C=O) groups is 1. The Hall–Kier alpha value is -2.52. The second kappa shape index (κ2) is 5.84. The first-order valence-corrected chi connectivity index (χ1v) is 8.72. The summed E-state index contributed by atoms with van der Waals surface area (Å²) in [6, 6.07) is 28.2. The lowest BCUT2D eigenvalue weighted by molar-refractivity contribution is -0.120. The summed E-state index contributed by atoms with van der Waals surface area (Å²) in [5, 5.41) is 0. The number of carbonyl (C=O) groups excluding carboxylic acids is 1. The maximum absolute atomic E-state index is 13.5. The average Bonchev–Trinajstić information content (AvgIpc) is 2.66. The Labute approximate surface area is 146 Å². The molecule has 3 aromatic rings. The maximum atomic E-state index is 13.5. The third kappa shape index (κ3) is 2.16. The molecule has 118 valence electrons. The molecule has 2 nitrogen and oxygen atoms in total. The van der Waals surface area contributed by atoms with Gasteiger partial charge in [0.1, 0.15) is 4.75 Å². The predicted molar refractivity (Wildman–Crippen MR) is 99.4 cm³/mol. The molecule has 0 bridgehead atoms. The minimum Gasteiger partial charge on any atom is -0.313 e. The van der Waals surface area contributed by atoms with Crippen molar-refractivity contribution in [2.24, 2.45) is 0 Å². The van der Waals surface area contributed by atoms with Crippen LogP contribution in [0.25, 0.3) is 0 Å². The molecule has 3 aromatic carbocycles. The Bertz CT molecular complexity index is 837. The Morgan fingerprint density at radius 3 is 1.83 bits per heavy atom. The van der Waals surface area contributed by atoms with Gasteiger partial charge in [0.25, 0.3) is 5.91 Å². The van der Waals surface area contributed by atoms with Crippen LogP contribution in [0.15, 0.2) is 89.8 Å². The number of rotatable bonds is 2. The quantitative estimate of drug-likeness (QED) is 0.678. The van der Waals surface area contributed by atoms with E-state index >= 15 is 0 Å². The zero-order valence-electron chi connectivity index (χ0n) is 13.3. The Morgan fingerprint density at radius 2 is 1.25 bits per heavy atom. The van der Waals surface area contributed by atoms with Gasteiger partial charge in [-0.15, -0.1) is 0 Å². The number of likely N-dealkylation sites (N-methyl/N-ethyl adjacent to an activating group) is 1. The van der Waals surface area contributed by atoms with Gasteiger partial charge in [0.2, 0.25) is 0 Å². The summed E-state index contributed by atoms with van der Waals surface area (Å²) in [6.45, 7) is 0. The molecule has 0 atom stereocenters. The second-order valence-corrected chi connectivity index (χ2v) is 7.10. The molecule has 3 heteroatoms. The molecule has 0 aliphatic carbocycles. The van der Waals surface area contributed by atoms with Gasteiger partial charge in [-0.05, 0) is 23.3 Å². The van der Waals surface area contributed by atoms with E-state index in [1.165, 1.54) is 0 Å². The average molecular weight is 331 g/mol. The van der Waals surface area contributed by atoms with E-state index in [1.54, 1.807) is 16.7 Å². The van der Waals surface area contributed by atoms with E-state index in [9.17, 15) is 4.79 Å². The minimum atomic E-state index is -0.758. The first-order valence-electron chi connectivity index (χ1n) is 7.91. The van der Waals surface area contributed by atoms with Crippen LogP contribution < -0.4 is 4.90 Å². The molecule has 0 aromatic heterocycles. The van der Waals surface area contributed by atoms with Crippen molar-refractivity contribution in [1.82, 2.24) is 0 Å². The Morgan fingerprint density at radius 1 is 0.750 bits per heavy atom. The van der Waals surface area contributed by atoms with Crippen molar-refractivity contribution in [1.29, 1.82) is 0 Å². The third-order valence-electron chi connectivity index (χ3n) is 4.46. The highest BCUT2D eigenvalue weighted by Crippen LogP contribution is 2.53. The first-order chi connectivity index (χ1) is 11.7. The lowest BCUT2D eigenvalue weighted by atomic mass is 9.88. The molecule has 1 heterocycles. The van der Waals surface area contributed by atoms with Crippen molar-refractivity contribution < 1.29 is 4.79 Å². The van der Waals surface area contributed by atoms with Gasteiger partial charge >= 0.3 is 0 Å². The number of fused-ring (bicyclic) bond motifs is 1. The fourth-order valence-electron chi connectivity index (χ4n) is 3.25. The van der Waals surface area contributed by atoms with Crippen LogP contribution in [0, 0.1) is 0 Å². The van der Waals surface area contributed by atoms with Crippen LogP contribution in [-0.4, -0.2) is 13.0 Å². The number of hydrogen-bond donors (Lipinski definition) is 0. The predicted octanol–water partition coefficient (Wildman–Crippen LogP) is 4.70. The number of thioether (sulfide) groups is 1. The Balaban J connectivity index is 2.00. The first kappa shape index (κ1) is 15.0. The van der Waals surface area contributed by atoms with Gasteiger partial charge in [-0.2, -0.15) is 0 Å². The lowest BCUT2D eigenvalue weighted by Crippen LogP contribution is -2.47. The number of benzene rings is 3. The van der Waals surface area contributed by atoms with E-state index in [1.807, 2.05) is 85.9 Å². The zero-order chi connectivity index (χ0) is 16.6. The van der Waals surface area contributed by atoms with Crippen LogP contribution in [0.5, 0.6) is 0 Å². The van der Waals surface area contributed by atoms with Gasteiger partial charge < -0.3 is 4.90 Å². The molecule has 24 heavy (non-hydrogen) atoms. The number of nitrogens with zero attached hydrogens (tertiary/aromatic N) is 1. The van der Waals surface area contributed by atoms with Crippen molar-refractivity contribution in [2.45, 2.75) is 9.64 Å². The summed E-state index contributed by atoms with van der Waals surface area (Å²) in [5.41, 5.74) is 2.98. The molecule has 0 unspecified atom stereocenters. The van der Waals surface area contributed by atoms with Crippen molar-refractivity contribution in [3.8, 4) is 0 Å². The number of para-hydroxylation sites is 1. The van der Waals surface area contributed by atoms with Crippen LogP contribution in [-0.2, 0) is 9.54 Å². The summed E-state index contributed by atoms with van der Waals surface area (Å²) in [7, 11) is 1.86. The van der Waals surface area contributed by atoms with Crippen molar-refractivity contribution >= 4 is 23.4 Å². The van der Waals surface area contributed by atoms with E-state index in [4.69, 9.17) is 0 Å². The SMILES string of the molecule is CN1C(=O)C(c2ccccc2)(c2ccccc2)Sc2ccccc21. The molecular weight excluding hydrogens is 314 g/mol. The normalized spacial score (nSPS) is 15.9. The molecule has 1 aliphatic rings. The summed E-state index contributed by atoms with van der Waals surface area (Å²) in [5.74, 6) is 0.0867. The van der Waals surface area contributed by atoms with E-state index in [-0.39, 0.29) is 5.91 Å². The zero-order valence-corrected chi connectivity index (χ0v) is 14.2. The fourth-order valence-corrected chi connectivity index (χ4v) is 4.77. The molecule has 0 radical (unpaired) electrons.